The molecule has 1 aliphatic heterocycles. The third-order valence-corrected chi connectivity index (χ3v) is 3.88. The molecule has 0 aromatic carbocycles. The van der Waals surface area contributed by atoms with E-state index in [9.17, 15) is 8.42 Å². The number of hydrogen-bond acceptors (Lipinski definition) is 5. The monoisotopic (exact) mass is 376 g/mol. The fourth-order valence-electron chi connectivity index (χ4n) is 1.32. The Labute approximate surface area is 116 Å². The Hall–Kier alpha value is 0.300. The van der Waals surface area contributed by atoms with E-state index in [0.29, 0.717) is 10.5 Å². The van der Waals surface area contributed by atoms with Gasteiger partial charge in [0, 0.05) is 6.61 Å². The summed E-state index contributed by atoms with van der Waals surface area (Å²) >= 11 is 2.32. The van der Waals surface area contributed by atoms with Gasteiger partial charge in [-0.2, -0.15) is 8.42 Å². The molecule has 0 aromatic rings. The fourth-order valence-corrected chi connectivity index (χ4v) is 2.50. The largest absolute Gasteiger partial charge is 0.352 e. The average Bonchev–Trinajstić information content (AvgIpc) is 2.24. The molecule has 1 aliphatic rings. The van der Waals surface area contributed by atoms with Gasteiger partial charge >= 0.3 is 0 Å². The highest BCUT2D eigenvalue weighted by molar-refractivity contribution is 14.1. The van der Waals surface area contributed by atoms with Crippen molar-refractivity contribution in [2.45, 2.75) is 23.1 Å². The number of ether oxygens (including phenoxy) is 2. The van der Waals surface area contributed by atoms with Crippen molar-refractivity contribution in [3.05, 3.63) is 12.2 Å². The van der Waals surface area contributed by atoms with Gasteiger partial charge in [0.15, 0.2) is 6.29 Å². The Balaban J connectivity index is 2.12. The molecule has 0 spiro atoms. The molecule has 0 aromatic heterocycles. The van der Waals surface area contributed by atoms with Gasteiger partial charge in [0.2, 0.25) is 0 Å². The lowest BCUT2D eigenvalue weighted by Gasteiger charge is -2.27. The Morgan fingerprint density at radius 2 is 2.12 bits per heavy atom. The number of alkyl halides is 1. The Kier molecular flexibility index (Phi) is 6.93. The van der Waals surface area contributed by atoms with Gasteiger partial charge in [0.25, 0.3) is 10.1 Å². The third-order valence-electron chi connectivity index (χ3n) is 2.10. The van der Waals surface area contributed by atoms with Crippen molar-refractivity contribution < 1.29 is 22.1 Å². The number of hydrogen-bond donors (Lipinski definition) is 0. The van der Waals surface area contributed by atoms with Gasteiger partial charge in [-0.05, 0) is 12.8 Å². The lowest BCUT2D eigenvalue weighted by molar-refractivity contribution is -0.148. The second-order valence-corrected chi connectivity index (χ2v) is 6.93. The molecule has 100 valence electrons. The van der Waals surface area contributed by atoms with Crippen LogP contribution in [0.2, 0.25) is 0 Å². The van der Waals surface area contributed by atoms with Crippen molar-refractivity contribution in [2.75, 3.05) is 26.1 Å². The second-order valence-electron chi connectivity index (χ2n) is 3.69. The summed E-state index contributed by atoms with van der Waals surface area (Å²) < 4.78 is 37.2. The van der Waals surface area contributed by atoms with Crippen molar-refractivity contribution in [2.24, 2.45) is 0 Å². The predicted octanol–water partition coefficient (Wildman–Crippen LogP) is 1.48. The molecule has 1 heterocycles. The number of rotatable bonds is 6. The summed E-state index contributed by atoms with van der Waals surface area (Å²) in [6.07, 6.45) is 6.38. The van der Waals surface area contributed by atoms with E-state index in [0.717, 1.165) is 25.7 Å². The Morgan fingerprint density at radius 3 is 2.76 bits per heavy atom. The maximum Gasteiger partial charge on any atom is 0.264 e. The number of halogens is 1. The maximum atomic E-state index is 10.6. The van der Waals surface area contributed by atoms with E-state index in [1.54, 1.807) is 12.2 Å². The maximum absolute atomic E-state index is 10.6. The average molecular weight is 376 g/mol. The lowest BCUT2D eigenvalue weighted by atomic mass is 10.2. The van der Waals surface area contributed by atoms with E-state index in [1.165, 1.54) is 0 Å². The molecule has 0 saturated carbocycles. The molecule has 5 nitrogen and oxygen atoms in total. The van der Waals surface area contributed by atoms with Crippen molar-refractivity contribution in [1.82, 2.24) is 0 Å². The van der Waals surface area contributed by atoms with Crippen molar-refractivity contribution in [3.8, 4) is 0 Å². The van der Waals surface area contributed by atoms with Gasteiger partial charge in [0.1, 0.15) is 0 Å². The molecule has 7 heteroatoms. The minimum Gasteiger partial charge on any atom is -0.352 e. The second kappa shape index (κ2) is 7.67. The highest BCUT2D eigenvalue weighted by Gasteiger charge is 2.23. The van der Waals surface area contributed by atoms with Gasteiger partial charge in [-0.15, -0.1) is 0 Å². The van der Waals surface area contributed by atoms with E-state index < -0.39 is 10.1 Å². The van der Waals surface area contributed by atoms with Crippen LogP contribution in [0.5, 0.6) is 0 Å². The summed E-state index contributed by atoms with van der Waals surface area (Å²) in [5.41, 5.74) is 0. The summed E-state index contributed by atoms with van der Waals surface area (Å²) in [5, 5.41) is 0. The van der Waals surface area contributed by atoms with Crippen LogP contribution in [-0.2, 0) is 23.8 Å². The van der Waals surface area contributed by atoms with Crippen LogP contribution in [0.15, 0.2) is 12.2 Å². The highest BCUT2D eigenvalue weighted by atomic mass is 127. The van der Waals surface area contributed by atoms with Crippen LogP contribution in [0.1, 0.15) is 12.8 Å². The van der Waals surface area contributed by atoms with E-state index in [-0.39, 0.29) is 12.9 Å². The minimum atomic E-state index is -3.36. The molecular weight excluding hydrogens is 359 g/mol. The first-order valence-corrected chi connectivity index (χ1v) is 8.42. The Bertz CT molecular complexity index is 341. The predicted molar refractivity (Wildman–Crippen MR) is 72.7 cm³/mol. The topological polar surface area (TPSA) is 61.8 Å². The van der Waals surface area contributed by atoms with E-state index in [2.05, 4.69) is 26.8 Å². The van der Waals surface area contributed by atoms with E-state index >= 15 is 0 Å². The molecule has 0 bridgehead atoms. The molecule has 17 heavy (non-hydrogen) atoms. The first-order chi connectivity index (χ1) is 7.99. The van der Waals surface area contributed by atoms with Gasteiger partial charge in [-0.3, -0.25) is 4.18 Å². The van der Waals surface area contributed by atoms with Crippen LogP contribution in [0, 0.1) is 0 Å². The van der Waals surface area contributed by atoms with Crippen molar-refractivity contribution in [3.63, 3.8) is 0 Å². The molecule has 0 unspecified atom stereocenters. The SMILES string of the molecule is CS(=O)(=O)OC/C=C/CO[C@@H]1OCCC[C@H]1I. The molecule has 0 amide bonds. The minimum absolute atomic E-state index is 0.0430. The zero-order valence-electron chi connectivity index (χ0n) is 9.67. The van der Waals surface area contributed by atoms with Gasteiger partial charge in [-0.1, -0.05) is 34.7 Å². The highest BCUT2D eigenvalue weighted by Crippen LogP contribution is 2.22. The zero-order chi connectivity index (χ0) is 12.7. The van der Waals surface area contributed by atoms with E-state index in [4.69, 9.17) is 9.47 Å². The summed E-state index contributed by atoms with van der Waals surface area (Å²) in [6.45, 7) is 1.18. The molecule has 0 N–H and O–H groups in total. The van der Waals surface area contributed by atoms with Crippen LogP contribution in [0.25, 0.3) is 0 Å². The molecule has 1 saturated heterocycles. The first-order valence-electron chi connectivity index (χ1n) is 5.36. The molecule has 1 fully saturated rings. The summed E-state index contributed by atoms with van der Waals surface area (Å²) in [7, 11) is -3.36. The smallest absolute Gasteiger partial charge is 0.264 e. The normalized spacial score (nSPS) is 26.5. The van der Waals surface area contributed by atoms with Gasteiger partial charge in [0.05, 0.1) is 23.4 Å². The lowest BCUT2D eigenvalue weighted by Crippen LogP contribution is -2.32. The van der Waals surface area contributed by atoms with Crippen LogP contribution in [0.3, 0.4) is 0 Å². The van der Waals surface area contributed by atoms with Crippen LogP contribution < -0.4 is 0 Å². The van der Waals surface area contributed by atoms with Gasteiger partial charge < -0.3 is 9.47 Å². The van der Waals surface area contributed by atoms with Crippen LogP contribution in [-0.4, -0.2) is 44.7 Å². The third kappa shape index (κ3) is 7.35. The summed E-state index contributed by atoms with van der Waals surface area (Å²) in [4.78, 5) is 0. The molecule has 2 atom stereocenters. The first kappa shape index (κ1) is 15.4. The fraction of sp³-hybridized carbons (Fsp3) is 0.800. The molecule has 0 aliphatic carbocycles. The zero-order valence-corrected chi connectivity index (χ0v) is 12.6. The quantitative estimate of drug-likeness (QED) is 0.304. The molecular formula is C10H17IO5S. The molecule has 1 rings (SSSR count). The van der Waals surface area contributed by atoms with Crippen molar-refractivity contribution in [1.29, 1.82) is 0 Å². The Morgan fingerprint density at radius 1 is 1.41 bits per heavy atom. The van der Waals surface area contributed by atoms with Crippen LogP contribution in [0.4, 0.5) is 0 Å². The van der Waals surface area contributed by atoms with Gasteiger partial charge in [-0.25, -0.2) is 0 Å². The summed E-state index contributed by atoms with van der Waals surface area (Å²) in [6, 6.07) is 0. The molecule has 0 radical (unpaired) electrons. The summed E-state index contributed by atoms with van der Waals surface area (Å²) in [5.74, 6) is 0. The van der Waals surface area contributed by atoms with E-state index in [1.807, 2.05) is 0 Å². The van der Waals surface area contributed by atoms with Crippen LogP contribution >= 0.6 is 22.6 Å². The standard InChI is InChI=1S/C10H17IO5S/c1-17(12,13)16-8-3-2-6-14-10-9(11)5-4-7-15-10/h2-3,9-10H,4-8H2,1H3/b3-2+/t9-,10-/m1/s1. The van der Waals surface area contributed by atoms with Crippen molar-refractivity contribution >= 4 is 32.7 Å².